The van der Waals surface area contributed by atoms with Crippen LogP contribution in [0, 0.1) is 0 Å². The Bertz CT molecular complexity index is 233. The van der Waals surface area contributed by atoms with Crippen LogP contribution in [0.25, 0.3) is 0 Å². The lowest BCUT2D eigenvalue weighted by atomic mass is 10.1. The van der Waals surface area contributed by atoms with E-state index in [0.717, 1.165) is 31.6 Å². The Morgan fingerprint density at radius 1 is 1.59 bits per heavy atom. The number of carbonyl (C=O) groups is 1. The van der Waals surface area contributed by atoms with Crippen molar-refractivity contribution in [3.63, 3.8) is 0 Å². The summed E-state index contributed by atoms with van der Waals surface area (Å²) in [7, 11) is 1.82. The molecule has 0 bridgehead atoms. The second-order valence-corrected chi connectivity index (χ2v) is 5.58. The van der Waals surface area contributed by atoms with E-state index in [1.54, 1.807) is 16.7 Å². The molecule has 0 aromatic rings. The molecule has 0 saturated carbocycles. The molecular weight excluding hydrogens is 236 g/mol. The van der Waals surface area contributed by atoms with Gasteiger partial charge in [0.25, 0.3) is 0 Å². The zero-order valence-corrected chi connectivity index (χ0v) is 11.7. The number of nitrogens with zero attached hydrogens (tertiary/aromatic N) is 1. The van der Waals surface area contributed by atoms with Crippen molar-refractivity contribution in [3.8, 4) is 0 Å². The molecule has 1 amide bonds. The summed E-state index contributed by atoms with van der Waals surface area (Å²) in [5.74, 6) is 0.967. The molecule has 1 saturated heterocycles. The van der Waals surface area contributed by atoms with E-state index in [-0.39, 0.29) is 18.1 Å². The number of nitrogens with two attached hydrogens (primary N) is 1. The number of ether oxygens (including phenoxy) is 1. The Hall–Kier alpha value is -0.260. The van der Waals surface area contributed by atoms with Crippen LogP contribution in [-0.2, 0) is 9.53 Å². The van der Waals surface area contributed by atoms with Gasteiger partial charge in [0.05, 0.1) is 12.1 Å². The number of rotatable bonds is 6. The van der Waals surface area contributed by atoms with Crippen molar-refractivity contribution < 1.29 is 9.53 Å². The molecule has 17 heavy (non-hydrogen) atoms. The normalized spacial score (nSPS) is 22.2. The minimum absolute atomic E-state index is 0.0354. The van der Waals surface area contributed by atoms with Crippen LogP contribution in [0.2, 0.25) is 0 Å². The van der Waals surface area contributed by atoms with Gasteiger partial charge in [-0.05, 0) is 37.7 Å². The highest BCUT2D eigenvalue weighted by molar-refractivity contribution is 7.98. The summed E-state index contributed by atoms with van der Waals surface area (Å²) in [6.45, 7) is 1.50. The summed E-state index contributed by atoms with van der Waals surface area (Å²) in [6, 6.07) is -0.365. The lowest BCUT2D eigenvalue weighted by molar-refractivity contribution is -0.133. The van der Waals surface area contributed by atoms with Crippen molar-refractivity contribution in [2.75, 3.05) is 32.2 Å². The van der Waals surface area contributed by atoms with E-state index < -0.39 is 0 Å². The van der Waals surface area contributed by atoms with E-state index in [2.05, 4.69) is 0 Å². The van der Waals surface area contributed by atoms with E-state index in [1.807, 2.05) is 13.3 Å². The molecule has 0 aromatic heterocycles. The van der Waals surface area contributed by atoms with Crippen molar-refractivity contribution >= 4 is 17.7 Å². The number of amides is 1. The van der Waals surface area contributed by atoms with Crippen molar-refractivity contribution in [2.45, 2.75) is 37.8 Å². The summed E-state index contributed by atoms with van der Waals surface area (Å²) in [5.41, 5.74) is 5.86. The molecule has 4 nitrogen and oxygen atoms in total. The fraction of sp³-hybridized carbons (Fsp3) is 0.917. The van der Waals surface area contributed by atoms with Crippen molar-refractivity contribution in [1.29, 1.82) is 0 Å². The Morgan fingerprint density at radius 2 is 2.35 bits per heavy atom. The molecule has 0 spiro atoms. The summed E-state index contributed by atoms with van der Waals surface area (Å²) >= 11 is 1.72. The molecule has 0 aliphatic carbocycles. The maximum absolute atomic E-state index is 12.0. The third kappa shape index (κ3) is 5.27. The van der Waals surface area contributed by atoms with Crippen LogP contribution in [0.15, 0.2) is 0 Å². The Balaban J connectivity index is 2.29. The van der Waals surface area contributed by atoms with Crippen LogP contribution in [0.3, 0.4) is 0 Å². The van der Waals surface area contributed by atoms with Gasteiger partial charge in [-0.15, -0.1) is 0 Å². The van der Waals surface area contributed by atoms with Gasteiger partial charge in [0, 0.05) is 20.2 Å². The smallest absolute Gasteiger partial charge is 0.239 e. The monoisotopic (exact) mass is 260 g/mol. The summed E-state index contributed by atoms with van der Waals surface area (Å²) in [4.78, 5) is 13.7. The second kappa shape index (κ2) is 7.95. The minimum Gasteiger partial charge on any atom is -0.376 e. The van der Waals surface area contributed by atoms with E-state index in [1.165, 1.54) is 6.42 Å². The molecule has 5 heteroatoms. The van der Waals surface area contributed by atoms with Crippen LogP contribution in [0.5, 0.6) is 0 Å². The molecule has 100 valence electrons. The number of likely N-dealkylation sites (N-methyl/N-ethyl adjacent to an activating group) is 1. The summed E-state index contributed by atoms with van der Waals surface area (Å²) < 4.78 is 5.62. The Kier molecular flexibility index (Phi) is 6.92. The summed E-state index contributed by atoms with van der Waals surface area (Å²) in [6.07, 6.45) is 6.36. The van der Waals surface area contributed by atoms with Gasteiger partial charge in [-0.2, -0.15) is 11.8 Å². The van der Waals surface area contributed by atoms with Crippen LogP contribution < -0.4 is 5.73 Å². The van der Waals surface area contributed by atoms with Gasteiger partial charge in [-0.1, -0.05) is 0 Å². The molecule has 1 rings (SSSR count). The van der Waals surface area contributed by atoms with Crippen molar-refractivity contribution in [3.05, 3.63) is 0 Å². The fourth-order valence-electron chi connectivity index (χ4n) is 2.00. The molecule has 1 aliphatic heterocycles. The van der Waals surface area contributed by atoms with Gasteiger partial charge in [-0.3, -0.25) is 4.79 Å². The van der Waals surface area contributed by atoms with Gasteiger partial charge < -0.3 is 15.4 Å². The number of thioether (sulfide) groups is 1. The lowest BCUT2D eigenvalue weighted by Crippen LogP contribution is -2.45. The summed E-state index contributed by atoms with van der Waals surface area (Å²) in [5, 5.41) is 0. The molecule has 1 fully saturated rings. The highest BCUT2D eigenvalue weighted by Gasteiger charge is 2.22. The topological polar surface area (TPSA) is 55.6 Å². The fourth-order valence-corrected chi connectivity index (χ4v) is 2.49. The Morgan fingerprint density at radius 3 is 2.94 bits per heavy atom. The molecule has 2 N–H and O–H groups in total. The van der Waals surface area contributed by atoms with Gasteiger partial charge >= 0.3 is 0 Å². The first-order valence-corrected chi connectivity index (χ1v) is 7.65. The highest BCUT2D eigenvalue weighted by Crippen LogP contribution is 2.14. The van der Waals surface area contributed by atoms with E-state index in [0.29, 0.717) is 6.54 Å². The molecule has 1 unspecified atom stereocenters. The first kappa shape index (κ1) is 14.8. The quantitative estimate of drug-likeness (QED) is 0.777. The van der Waals surface area contributed by atoms with Crippen LogP contribution in [0.4, 0.5) is 0 Å². The van der Waals surface area contributed by atoms with Gasteiger partial charge in [0.1, 0.15) is 0 Å². The average molecular weight is 260 g/mol. The van der Waals surface area contributed by atoms with Crippen LogP contribution >= 0.6 is 11.8 Å². The first-order chi connectivity index (χ1) is 8.15. The van der Waals surface area contributed by atoms with E-state index >= 15 is 0 Å². The second-order valence-electron chi connectivity index (χ2n) is 4.60. The number of hydrogen-bond donors (Lipinski definition) is 1. The minimum atomic E-state index is -0.365. The van der Waals surface area contributed by atoms with Crippen LogP contribution in [-0.4, -0.2) is 55.2 Å². The lowest BCUT2D eigenvalue weighted by Gasteiger charge is -2.28. The standard InChI is InChI=1S/C12H24N2O2S/c1-14(9-10-5-3-4-7-16-10)12(15)11(13)6-8-17-2/h10-11H,3-9,13H2,1-2H3/t10?,11-/m0/s1. The molecular formula is C12H24N2O2S. The Labute approximate surface area is 108 Å². The predicted octanol–water partition coefficient (Wildman–Crippen LogP) is 1.09. The largest absolute Gasteiger partial charge is 0.376 e. The molecule has 1 heterocycles. The third-order valence-electron chi connectivity index (χ3n) is 3.08. The number of carbonyl (C=O) groups excluding carboxylic acids is 1. The molecule has 1 aliphatic rings. The van der Waals surface area contributed by atoms with Crippen molar-refractivity contribution in [2.24, 2.45) is 5.73 Å². The number of hydrogen-bond acceptors (Lipinski definition) is 4. The maximum atomic E-state index is 12.0. The van der Waals surface area contributed by atoms with Gasteiger partial charge in [0.2, 0.25) is 5.91 Å². The predicted molar refractivity (Wildman–Crippen MR) is 72.2 cm³/mol. The highest BCUT2D eigenvalue weighted by atomic mass is 32.2. The first-order valence-electron chi connectivity index (χ1n) is 6.26. The maximum Gasteiger partial charge on any atom is 0.239 e. The average Bonchev–Trinajstić information content (AvgIpc) is 2.36. The zero-order chi connectivity index (χ0) is 12.7. The van der Waals surface area contributed by atoms with E-state index in [4.69, 9.17) is 10.5 Å². The molecule has 0 radical (unpaired) electrons. The molecule has 0 aromatic carbocycles. The van der Waals surface area contributed by atoms with Gasteiger partial charge in [-0.25, -0.2) is 0 Å². The van der Waals surface area contributed by atoms with Gasteiger partial charge in [0.15, 0.2) is 0 Å². The SMILES string of the molecule is CSCC[C@H](N)C(=O)N(C)CC1CCCCO1. The van der Waals surface area contributed by atoms with Crippen molar-refractivity contribution in [1.82, 2.24) is 4.90 Å². The molecule has 2 atom stereocenters. The van der Waals surface area contributed by atoms with Crippen LogP contribution in [0.1, 0.15) is 25.7 Å². The third-order valence-corrected chi connectivity index (χ3v) is 3.72. The van der Waals surface area contributed by atoms with E-state index in [9.17, 15) is 4.79 Å². The zero-order valence-electron chi connectivity index (χ0n) is 10.9.